The molecule has 13 heavy (non-hydrogen) atoms. The predicted octanol–water partition coefficient (Wildman–Crippen LogP) is 0.808. The molecule has 2 rings (SSSR count). The highest BCUT2D eigenvalue weighted by Crippen LogP contribution is 2.15. The topological polar surface area (TPSA) is 46.2 Å². The Hall–Kier alpha value is -1.64. The monoisotopic (exact) mass is 175 g/mol. The van der Waals surface area contributed by atoms with Crippen molar-refractivity contribution in [3.05, 3.63) is 34.9 Å². The van der Waals surface area contributed by atoms with Crippen molar-refractivity contribution in [2.24, 2.45) is 0 Å². The molecule has 66 valence electrons. The summed E-state index contributed by atoms with van der Waals surface area (Å²) in [6.45, 7) is 1.94. The number of amides is 2. The van der Waals surface area contributed by atoms with Crippen molar-refractivity contribution in [2.75, 3.05) is 0 Å². The first kappa shape index (κ1) is 7.98. The maximum absolute atomic E-state index is 11.3. The highest BCUT2D eigenvalue weighted by atomic mass is 16.2. The number of carbonyl (C=O) groups excluding carboxylic acids is 2. The SMILES string of the molecule is Cc1ccc2c(c1)CC(=O)NC2=O. The zero-order valence-electron chi connectivity index (χ0n) is 7.26. The molecular weight excluding hydrogens is 166 g/mol. The normalized spacial score (nSPS) is 15.2. The molecule has 0 unspecified atom stereocenters. The smallest absolute Gasteiger partial charge is 0.258 e. The van der Waals surface area contributed by atoms with Gasteiger partial charge in [0.25, 0.3) is 5.91 Å². The standard InChI is InChI=1S/C10H9NO2/c1-6-2-3-8-7(4-6)5-9(12)11-10(8)13/h2-4H,5H2,1H3,(H,11,12,13). The first-order valence-electron chi connectivity index (χ1n) is 4.10. The molecule has 0 saturated carbocycles. The van der Waals surface area contributed by atoms with Gasteiger partial charge in [0.2, 0.25) is 5.91 Å². The number of rotatable bonds is 0. The van der Waals surface area contributed by atoms with E-state index in [1.807, 2.05) is 19.1 Å². The van der Waals surface area contributed by atoms with Crippen LogP contribution < -0.4 is 5.32 Å². The fraction of sp³-hybridized carbons (Fsp3) is 0.200. The number of carbonyl (C=O) groups is 2. The lowest BCUT2D eigenvalue weighted by atomic mass is 9.98. The Morgan fingerprint density at radius 1 is 1.31 bits per heavy atom. The zero-order chi connectivity index (χ0) is 9.42. The second-order valence-electron chi connectivity index (χ2n) is 3.21. The van der Waals surface area contributed by atoms with Gasteiger partial charge in [-0.15, -0.1) is 0 Å². The number of imide groups is 1. The van der Waals surface area contributed by atoms with Crippen LogP contribution in [0.15, 0.2) is 18.2 Å². The van der Waals surface area contributed by atoms with Gasteiger partial charge in [0.1, 0.15) is 0 Å². The Balaban J connectivity index is 2.55. The van der Waals surface area contributed by atoms with Gasteiger partial charge in [-0.2, -0.15) is 0 Å². The van der Waals surface area contributed by atoms with Crippen molar-refractivity contribution < 1.29 is 9.59 Å². The average Bonchev–Trinajstić information content (AvgIpc) is 2.02. The Morgan fingerprint density at radius 2 is 2.08 bits per heavy atom. The van der Waals surface area contributed by atoms with Gasteiger partial charge < -0.3 is 0 Å². The highest BCUT2D eigenvalue weighted by Gasteiger charge is 2.21. The third-order valence-electron chi connectivity index (χ3n) is 2.11. The van der Waals surface area contributed by atoms with E-state index in [-0.39, 0.29) is 11.8 Å². The first-order valence-corrected chi connectivity index (χ1v) is 4.10. The molecule has 0 saturated heterocycles. The molecule has 3 heteroatoms. The van der Waals surface area contributed by atoms with Crippen LogP contribution in [-0.4, -0.2) is 11.8 Å². The lowest BCUT2D eigenvalue weighted by molar-refractivity contribution is -0.119. The molecule has 1 aromatic carbocycles. The Bertz CT molecular complexity index is 396. The van der Waals surface area contributed by atoms with Crippen LogP contribution in [-0.2, 0) is 11.2 Å². The summed E-state index contributed by atoms with van der Waals surface area (Å²) in [5, 5.41) is 2.28. The number of nitrogens with one attached hydrogen (secondary N) is 1. The van der Waals surface area contributed by atoms with Crippen LogP contribution in [0.2, 0.25) is 0 Å². The molecule has 0 atom stereocenters. The Kier molecular flexibility index (Phi) is 1.65. The molecule has 0 fully saturated rings. The summed E-state index contributed by atoms with van der Waals surface area (Å²) in [4.78, 5) is 22.3. The third-order valence-corrected chi connectivity index (χ3v) is 2.11. The van der Waals surface area contributed by atoms with Crippen LogP contribution in [0.1, 0.15) is 21.5 Å². The minimum absolute atomic E-state index is 0.219. The summed E-state index contributed by atoms with van der Waals surface area (Å²) in [5.41, 5.74) is 2.51. The molecule has 1 aliphatic heterocycles. The van der Waals surface area contributed by atoms with Gasteiger partial charge in [-0.1, -0.05) is 17.7 Å². The molecule has 1 aromatic rings. The van der Waals surface area contributed by atoms with Crippen LogP contribution in [0.3, 0.4) is 0 Å². The molecule has 0 aromatic heterocycles. The summed E-state index contributed by atoms with van der Waals surface area (Å²) in [5.74, 6) is -0.505. The summed E-state index contributed by atoms with van der Waals surface area (Å²) in [6, 6.07) is 5.51. The molecule has 0 bridgehead atoms. The van der Waals surface area contributed by atoms with E-state index >= 15 is 0 Å². The van der Waals surface area contributed by atoms with Crippen molar-refractivity contribution in [3.63, 3.8) is 0 Å². The van der Waals surface area contributed by atoms with Crippen molar-refractivity contribution in [3.8, 4) is 0 Å². The predicted molar refractivity (Wildman–Crippen MR) is 47.4 cm³/mol. The van der Waals surface area contributed by atoms with Crippen molar-refractivity contribution >= 4 is 11.8 Å². The fourth-order valence-corrected chi connectivity index (χ4v) is 1.50. The lowest BCUT2D eigenvalue weighted by Gasteiger charge is -2.15. The average molecular weight is 175 g/mol. The second-order valence-corrected chi connectivity index (χ2v) is 3.21. The fourth-order valence-electron chi connectivity index (χ4n) is 1.50. The van der Waals surface area contributed by atoms with Crippen molar-refractivity contribution in [1.82, 2.24) is 5.32 Å². The van der Waals surface area contributed by atoms with Gasteiger partial charge in [0.05, 0.1) is 6.42 Å². The number of aryl methyl sites for hydroxylation is 1. The summed E-state index contributed by atoms with van der Waals surface area (Å²) in [6.07, 6.45) is 0.308. The van der Waals surface area contributed by atoms with Crippen LogP contribution in [0.25, 0.3) is 0 Å². The number of hydrogen-bond acceptors (Lipinski definition) is 2. The van der Waals surface area contributed by atoms with Gasteiger partial charge in [0.15, 0.2) is 0 Å². The zero-order valence-corrected chi connectivity index (χ0v) is 7.26. The molecule has 0 spiro atoms. The Morgan fingerprint density at radius 3 is 2.85 bits per heavy atom. The van der Waals surface area contributed by atoms with E-state index in [2.05, 4.69) is 5.32 Å². The van der Waals surface area contributed by atoms with E-state index < -0.39 is 0 Å². The Labute approximate surface area is 75.8 Å². The highest BCUT2D eigenvalue weighted by molar-refractivity contribution is 6.09. The molecule has 1 heterocycles. The van der Waals surface area contributed by atoms with Crippen LogP contribution in [0.4, 0.5) is 0 Å². The third kappa shape index (κ3) is 1.33. The van der Waals surface area contributed by atoms with Crippen LogP contribution in [0.5, 0.6) is 0 Å². The summed E-state index contributed by atoms with van der Waals surface area (Å²) < 4.78 is 0. The molecule has 0 radical (unpaired) electrons. The van der Waals surface area contributed by atoms with E-state index in [1.165, 1.54) is 0 Å². The molecule has 2 amide bonds. The van der Waals surface area contributed by atoms with E-state index in [0.717, 1.165) is 11.1 Å². The quantitative estimate of drug-likeness (QED) is 0.593. The first-order chi connectivity index (χ1) is 6.16. The second kappa shape index (κ2) is 2.69. The van der Waals surface area contributed by atoms with Gasteiger partial charge >= 0.3 is 0 Å². The summed E-state index contributed by atoms with van der Waals surface area (Å²) in [7, 11) is 0. The van der Waals surface area contributed by atoms with Crippen molar-refractivity contribution in [1.29, 1.82) is 0 Å². The molecular formula is C10H9NO2. The van der Waals surface area contributed by atoms with Gasteiger partial charge in [-0.05, 0) is 18.6 Å². The number of benzene rings is 1. The molecule has 0 aliphatic carbocycles. The number of hydrogen-bond donors (Lipinski definition) is 1. The molecule has 1 aliphatic rings. The van der Waals surface area contributed by atoms with E-state index in [1.54, 1.807) is 6.07 Å². The minimum Gasteiger partial charge on any atom is -0.292 e. The van der Waals surface area contributed by atoms with Gasteiger partial charge in [0, 0.05) is 5.56 Å². The van der Waals surface area contributed by atoms with E-state index in [4.69, 9.17) is 0 Å². The van der Waals surface area contributed by atoms with Crippen LogP contribution >= 0.6 is 0 Å². The lowest BCUT2D eigenvalue weighted by Crippen LogP contribution is -2.37. The number of fused-ring (bicyclic) bond motifs is 1. The van der Waals surface area contributed by atoms with Gasteiger partial charge in [-0.25, -0.2) is 0 Å². The minimum atomic E-state index is -0.286. The van der Waals surface area contributed by atoms with E-state index in [0.29, 0.717) is 12.0 Å². The molecule has 3 nitrogen and oxygen atoms in total. The van der Waals surface area contributed by atoms with E-state index in [9.17, 15) is 9.59 Å². The van der Waals surface area contributed by atoms with Gasteiger partial charge in [-0.3, -0.25) is 14.9 Å². The maximum Gasteiger partial charge on any atom is 0.258 e. The van der Waals surface area contributed by atoms with Crippen LogP contribution in [0, 0.1) is 6.92 Å². The largest absolute Gasteiger partial charge is 0.292 e. The molecule has 1 N–H and O–H groups in total. The maximum atomic E-state index is 11.3. The van der Waals surface area contributed by atoms with Crippen molar-refractivity contribution in [2.45, 2.75) is 13.3 Å². The summed E-state index contributed by atoms with van der Waals surface area (Å²) >= 11 is 0.